The molecule has 0 heterocycles. The molecule has 1 atom stereocenters. The summed E-state index contributed by atoms with van der Waals surface area (Å²) in [6.45, 7) is 0. The highest BCUT2D eigenvalue weighted by Crippen LogP contribution is 2.44. The molecule has 110 valence electrons. The number of halogens is 2. The molecular weight excluding hydrogens is 333 g/mol. The highest BCUT2D eigenvalue weighted by molar-refractivity contribution is 9.10. The van der Waals surface area contributed by atoms with Gasteiger partial charge in [0.15, 0.2) is 0 Å². The maximum absolute atomic E-state index is 13.1. The Balaban J connectivity index is 1.87. The molecule has 0 amide bonds. The second-order valence-corrected chi connectivity index (χ2v) is 6.21. The normalized spacial score (nSPS) is 15.6. The minimum Gasteiger partial charge on any atom is -0.497 e. The Labute approximate surface area is 132 Å². The molecule has 0 spiro atoms. The second kappa shape index (κ2) is 6.06. The average Bonchev–Trinajstić information content (AvgIpc) is 3.32. The predicted molar refractivity (Wildman–Crippen MR) is 86.2 cm³/mol. The molecule has 1 aliphatic rings. The Morgan fingerprint density at radius 2 is 1.90 bits per heavy atom. The lowest BCUT2D eigenvalue weighted by atomic mass is 10.0. The molecule has 1 N–H and O–H groups in total. The van der Waals surface area contributed by atoms with Crippen LogP contribution < -0.4 is 10.1 Å². The van der Waals surface area contributed by atoms with E-state index in [2.05, 4.69) is 21.2 Å². The number of nitrogens with one attached hydrogen (secondary N) is 1. The number of benzene rings is 2. The van der Waals surface area contributed by atoms with Crippen molar-refractivity contribution < 1.29 is 9.13 Å². The summed E-state index contributed by atoms with van der Waals surface area (Å²) < 4.78 is 19.4. The van der Waals surface area contributed by atoms with E-state index in [1.165, 1.54) is 25.0 Å². The number of methoxy groups -OCH3 is 1. The molecule has 0 aliphatic heterocycles. The Hall–Kier alpha value is -1.55. The Morgan fingerprint density at radius 3 is 2.52 bits per heavy atom. The zero-order valence-corrected chi connectivity index (χ0v) is 13.4. The van der Waals surface area contributed by atoms with Gasteiger partial charge in [-0.15, -0.1) is 0 Å². The van der Waals surface area contributed by atoms with E-state index in [-0.39, 0.29) is 11.9 Å². The zero-order valence-electron chi connectivity index (χ0n) is 11.8. The molecule has 4 heteroatoms. The lowest BCUT2D eigenvalue weighted by Crippen LogP contribution is -2.13. The minimum atomic E-state index is -0.198. The van der Waals surface area contributed by atoms with Crippen molar-refractivity contribution in [1.29, 1.82) is 0 Å². The van der Waals surface area contributed by atoms with Crippen molar-refractivity contribution in [2.45, 2.75) is 18.9 Å². The number of hydrogen-bond donors (Lipinski definition) is 1. The molecule has 2 aromatic rings. The van der Waals surface area contributed by atoms with Crippen LogP contribution in [0.25, 0.3) is 0 Å². The van der Waals surface area contributed by atoms with E-state index in [0.717, 1.165) is 21.5 Å². The fraction of sp³-hybridized carbons (Fsp3) is 0.294. The molecule has 1 saturated carbocycles. The molecule has 1 fully saturated rings. The van der Waals surface area contributed by atoms with E-state index in [1.807, 2.05) is 30.3 Å². The van der Waals surface area contributed by atoms with Crippen LogP contribution in [0.3, 0.4) is 0 Å². The van der Waals surface area contributed by atoms with Crippen LogP contribution in [0.2, 0.25) is 0 Å². The van der Waals surface area contributed by atoms with Crippen LogP contribution in [-0.2, 0) is 0 Å². The molecule has 0 radical (unpaired) electrons. The first-order chi connectivity index (χ1) is 10.2. The standard InChI is InChI=1S/C17H17BrFNO/c1-21-14-8-9-15(18)16(10-14)20-17(11-2-3-11)12-4-6-13(19)7-5-12/h4-11,17,20H,2-3H2,1H3. The van der Waals surface area contributed by atoms with Gasteiger partial charge < -0.3 is 10.1 Å². The van der Waals surface area contributed by atoms with E-state index >= 15 is 0 Å². The van der Waals surface area contributed by atoms with Crippen LogP contribution in [-0.4, -0.2) is 7.11 Å². The van der Waals surface area contributed by atoms with Gasteiger partial charge in [0.05, 0.1) is 18.8 Å². The van der Waals surface area contributed by atoms with Crippen LogP contribution in [0.5, 0.6) is 5.75 Å². The summed E-state index contributed by atoms with van der Waals surface area (Å²) in [5.74, 6) is 1.22. The van der Waals surface area contributed by atoms with E-state index in [1.54, 1.807) is 7.11 Å². The van der Waals surface area contributed by atoms with E-state index in [0.29, 0.717) is 5.92 Å². The summed E-state index contributed by atoms with van der Waals surface area (Å²) in [5, 5.41) is 3.57. The smallest absolute Gasteiger partial charge is 0.123 e. The van der Waals surface area contributed by atoms with E-state index in [9.17, 15) is 4.39 Å². The molecule has 3 rings (SSSR count). The first-order valence-corrected chi connectivity index (χ1v) is 7.82. The molecule has 1 unspecified atom stereocenters. The van der Waals surface area contributed by atoms with Gasteiger partial charge in [-0.1, -0.05) is 12.1 Å². The van der Waals surface area contributed by atoms with E-state index < -0.39 is 0 Å². The van der Waals surface area contributed by atoms with Crippen LogP contribution in [0, 0.1) is 11.7 Å². The summed E-state index contributed by atoms with van der Waals surface area (Å²) in [5.41, 5.74) is 2.11. The molecular formula is C17H17BrFNO. The molecule has 1 aliphatic carbocycles. The Bertz CT molecular complexity index is 625. The molecule has 0 aromatic heterocycles. The van der Waals surface area contributed by atoms with Crippen molar-refractivity contribution in [2.75, 3.05) is 12.4 Å². The van der Waals surface area contributed by atoms with Gasteiger partial charge in [-0.2, -0.15) is 0 Å². The maximum atomic E-state index is 13.1. The van der Waals surface area contributed by atoms with Crippen molar-refractivity contribution in [3.8, 4) is 5.75 Å². The average molecular weight is 350 g/mol. The fourth-order valence-corrected chi connectivity index (χ4v) is 2.84. The highest BCUT2D eigenvalue weighted by atomic mass is 79.9. The van der Waals surface area contributed by atoms with Gasteiger partial charge in [-0.3, -0.25) is 0 Å². The number of anilines is 1. The van der Waals surface area contributed by atoms with Crippen molar-refractivity contribution in [2.24, 2.45) is 5.92 Å². The number of hydrogen-bond acceptors (Lipinski definition) is 2. The lowest BCUT2D eigenvalue weighted by Gasteiger charge is -2.21. The Morgan fingerprint density at radius 1 is 1.19 bits per heavy atom. The van der Waals surface area contributed by atoms with Gasteiger partial charge in [0.2, 0.25) is 0 Å². The van der Waals surface area contributed by atoms with Gasteiger partial charge >= 0.3 is 0 Å². The van der Waals surface area contributed by atoms with Crippen LogP contribution in [0.1, 0.15) is 24.4 Å². The summed E-state index contributed by atoms with van der Waals surface area (Å²) in [7, 11) is 1.66. The molecule has 2 nitrogen and oxygen atoms in total. The predicted octanol–water partition coefficient (Wildman–Crippen LogP) is 5.16. The quantitative estimate of drug-likeness (QED) is 0.804. The maximum Gasteiger partial charge on any atom is 0.123 e. The van der Waals surface area contributed by atoms with Gasteiger partial charge in [0.25, 0.3) is 0 Å². The summed E-state index contributed by atoms with van der Waals surface area (Å²) in [6, 6.07) is 12.8. The minimum absolute atomic E-state index is 0.198. The van der Waals surface area contributed by atoms with Crippen LogP contribution >= 0.6 is 15.9 Å². The van der Waals surface area contributed by atoms with Gasteiger partial charge in [-0.05, 0) is 64.5 Å². The first-order valence-electron chi connectivity index (χ1n) is 7.03. The molecule has 0 bridgehead atoms. The van der Waals surface area contributed by atoms with Crippen LogP contribution in [0.4, 0.5) is 10.1 Å². The van der Waals surface area contributed by atoms with Crippen molar-refractivity contribution in [3.63, 3.8) is 0 Å². The molecule has 2 aromatic carbocycles. The van der Waals surface area contributed by atoms with Crippen molar-refractivity contribution >= 4 is 21.6 Å². The highest BCUT2D eigenvalue weighted by Gasteiger charge is 2.32. The number of rotatable bonds is 5. The van der Waals surface area contributed by atoms with Crippen molar-refractivity contribution in [3.05, 3.63) is 58.3 Å². The SMILES string of the molecule is COc1ccc(Br)c(NC(c2ccc(F)cc2)C2CC2)c1. The lowest BCUT2D eigenvalue weighted by molar-refractivity contribution is 0.415. The monoisotopic (exact) mass is 349 g/mol. The zero-order chi connectivity index (χ0) is 14.8. The van der Waals surface area contributed by atoms with Crippen molar-refractivity contribution in [1.82, 2.24) is 0 Å². The fourth-order valence-electron chi connectivity index (χ4n) is 2.48. The van der Waals surface area contributed by atoms with Crippen LogP contribution in [0.15, 0.2) is 46.9 Å². The van der Waals surface area contributed by atoms with Gasteiger partial charge in [-0.25, -0.2) is 4.39 Å². The second-order valence-electron chi connectivity index (χ2n) is 5.36. The van der Waals surface area contributed by atoms with Gasteiger partial charge in [0, 0.05) is 10.5 Å². The van der Waals surface area contributed by atoms with Gasteiger partial charge in [0.1, 0.15) is 11.6 Å². The third-order valence-corrected chi connectivity index (χ3v) is 4.50. The molecule has 0 saturated heterocycles. The summed E-state index contributed by atoms with van der Waals surface area (Å²) >= 11 is 3.56. The first kappa shape index (κ1) is 14.4. The third-order valence-electron chi connectivity index (χ3n) is 3.81. The van der Waals surface area contributed by atoms with E-state index in [4.69, 9.17) is 4.74 Å². The largest absolute Gasteiger partial charge is 0.497 e. The topological polar surface area (TPSA) is 21.3 Å². The Kier molecular flexibility index (Phi) is 4.15. The summed E-state index contributed by atoms with van der Waals surface area (Å²) in [4.78, 5) is 0. The number of ether oxygens (including phenoxy) is 1. The molecule has 21 heavy (non-hydrogen) atoms. The summed E-state index contributed by atoms with van der Waals surface area (Å²) in [6.07, 6.45) is 2.41. The third kappa shape index (κ3) is 3.38.